The lowest BCUT2D eigenvalue weighted by Gasteiger charge is -2.10. The number of para-hydroxylation sites is 1. The third-order valence-electron chi connectivity index (χ3n) is 4.29. The van der Waals surface area contributed by atoms with Gasteiger partial charge in [0, 0.05) is 18.1 Å². The summed E-state index contributed by atoms with van der Waals surface area (Å²) in [4.78, 5) is 12.2. The van der Waals surface area contributed by atoms with Crippen LogP contribution in [0.3, 0.4) is 0 Å². The van der Waals surface area contributed by atoms with Crippen molar-refractivity contribution in [2.24, 2.45) is 0 Å². The molecule has 1 amide bonds. The number of rotatable bonds is 8. The lowest BCUT2D eigenvalue weighted by Crippen LogP contribution is -2.20. The van der Waals surface area contributed by atoms with Gasteiger partial charge in [-0.15, -0.1) is 0 Å². The van der Waals surface area contributed by atoms with Crippen molar-refractivity contribution in [3.05, 3.63) is 103 Å². The Morgan fingerprint density at radius 2 is 1.63 bits per heavy atom. The van der Waals surface area contributed by atoms with E-state index in [1.54, 1.807) is 30.5 Å². The highest BCUT2D eigenvalue weighted by atomic mass is 16.5. The maximum atomic E-state index is 12.2. The van der Waals surface area contributed by atoms with Crippen molar-refractivity contribution in [1.29, 1.82) is 0 Å². The van der Waals surface area contributed by atoms with Crippen molar-refractivity contribution in [3.63, 3.8) is 0 Å². The minimum absolute atomic E-state index is 0.0811. The Labute approximate surface area is 174 Å². The van der Waals surface area contributed by atoms with Gasteiger partial charge in [-0.2, -0.15) is 5.10 Å². The monoisotopic (exact) mass is 399 g/mol. The standard InChI is InChI=1S/C24H21N3O3/c28-24(26-20-7-4-6-19(16-20)17-27-15-5-14-25-27)18-29-21-10-12-23(13-11-21)30-22-8-2-1-3-9-22/h1-16H,17-18H2,(H,26,28). The normalized spacial score (nSPS) is 10.4. The van der Waals surface area contributed by atoms with Gasteiger partial charge in [-0.1, -0.05) is 30.3 Å². The first-order valence-corrected chi connectivity index (χ1v) is 9.56. The number of anilines is 1. The molecular formula is C24H21N3O3. The number of aromatic nitrogens is 2. The molecule has 0 saturated carbocycles. The van der Waals surface area contributed by atoms with Gasteiger partial charge in [-0.05, 0) is 60.2 Å². The highest BCUT2D eigenvalue weighted by molar-refractivity contribution is 5.91. The zero-order chi connectivity index (χ0) is 20.6. The fourth-order valence-electron chi connectivity index (χ4n) is 2.90. The Kier molecular flexibility index (Phi) is 6.05. The molecule has 0 spiro atoms. The Morgan fingerprint density at radius 1 is 0.867 bits per heavy atom. The van der Waals surface area contributed by atoms with Gasteiger partial charge in [-0.25, -0.2) is 0 Å². The van der Waals surface area contributed by atoms with Crippen LogP contribution in [0.2, 0.25) is 0 Å². The smallest absolute Gasteiger partial charge is 0.262 e. The molecule has 0 aliphatic carbocycles. The number of benzene rings is 3. The van der Waals surface area contributed by atoms with Crippen LogP contribution in [0.4, 0.5) is 5.69 Å². The van der Waals surface area contributed by atoms with Crippen LogP contribution in [0, 0.1) is 0 Å². The quantitative estimate of drug-likeness (QED) is 0.465. The van der Waals surface area contributed by atoms with Crippen molar-refractivity contribution in [2.75, 3.05) is 11.9 Å². The Balaban J connectivity index is 1.27. The van der Waals surface area contributed by atoms with Gasteiger partial charge in [0.2, 0.25) is 0 Å². The number of carbonyl (C=O) groups is 1. The van der Waals surface area contributed by atoms with Crippen molar-refractivity contribution < 1.29 is 14.3 Å². The minimum atomic E-state index is -0.226. The molecule has 0 saturated heterocycles. The second-order valence-electron chi connectivity index (χ2n) is 6.63. The fourth-order valence-corrected chi connectivity index (χ4v) is 2.90. The third kappa shape index (κ3) is 5.48. The first kappa shape index (κ1) is 19.3. The molecule has 1 N–H and O–H groups in total. The lowest BCUT2D eigenvalue weighted by molar-refractivity contribution is -0.118. The van der Waals surface area contributed by atoms with Gasteiger partial charge in [0.15, 0.2) is 6.61 Å². The summed E-state index contributed by atoms with van der Waals surface area (Å²) < 4.78 is 13.2. The molecule has 150 valence electrons. The zero-order valence-corrected chi connectivity index (χ0v) is 16.3. The summed E-state index contributed by atoms with van der Waals surface area (Å²) in [5.74, 6) is 1.83. The second-order valence-corrected chi connectivity index (χ2v) is 6.63. The number of nitrogens with zero attached hydrogens (tertiary/aromatic N) is 2. The van der Waals surface area contributed by atoms with Crippen LogP contribution in [0.5, 0.6) is 17.2 Å². The van der Waals surface area contributed by atoms with E-state index in [0.717, 1.165) is 17.0 Å². The largest absolute Gasteiger partial charge is 0.484 e. The number of hydrogen-bond donors (Lipinski definition) is 1. The van der Waals surface area contributed by atoms with Gasteiger partial charge in [-0.3, -0.25) is 9.48 Å². The van der Waals surface area contributed by atoms with Crippen LogP contribution in [-0.4, -0.2) is 22.3 Å². The van der Waals surface area contributed by atoms with Crippen molar-refractivity contribution in [1.82, 2.24) is 9.78 Å². The molecule has 4 aromatic rings. The molecule has 0 atom stereocenters. The SMILES string of the molecule is O=C(COc1ccc(Oc2ccccc2)cc1)Nc1cccc(Cn2cccn2)c1. The second kappa shape index (κ2) is 9.43. The van der Waals surface area contributed by atoms with E-state index >= 15 is 0 Å². The average molecular weight is 399 g/mol. The van der Waals surface area contributed by atoms with E-state index in [-0.39, 0.29) is 12.5 Å². The number of ether oxygens (including phenoxy) is 2. The maximum absolute atomic E-state index is 12.2. The summed E-state index contributed by atoms with van der Waals surface area (Å²) in [6.45, 7) is 0.562. The molecule has 6 nitrogen and oxygen atoms in total. The maximum Gasteiger partial charge on any atom is 0.262 e. The number of carbonyl (C=O) groups excluding carboxylic acids is 1. The van der Waals surface area contributed by atoms with Gasteiger partial charge < -0.3 is 14.8 Å². The van der Waals surface area contributed by atoms with Crippen molar-refractivity contribution in [2.45, 2.75) is 6.54 Å². The first-order valence-electron chi connectivity index (χ1n) is 9.56. The van der Waals surface area contributed by atoms with E-state index in [0.29, 0.717) is 18.0 Å². The minimum Gasteiger partial charge on any atom is -0.484 e. The molecular weight excluding hydrogens is 378 g/mol. The van der Waals surface area contributed by atoms with Crippen LogP contribution in [0.15, 0.2) is 97.3 Å². The Bertz CT molecular complexity index is 1080. The molecule has 0 unspecified atom stereocenters. The molecule has 0 radical (unpaired) electrons. The van der Waals surface area contributed by atoms with Crippen LogP contribution < -0.4 is 14.8 Å². The van der Waals surface area contributed by atoms with Crippen LogP contribution in [0.25, 0.3) is 0 Å². The van der Waals surface area contributed by atoms with Gasteiger partial charge in [0.05, 0.1) is 6.54 Å². The van der Waals surface area contributed by atoms with Gasteiger partial charge >= 0.3 is 0 Å². The van der Waals surface area contributed by atoms with E-state index in [1.165, 1.54) is 0 Å². The topological polar surface area (TPSA) is 65.4 Å². The molecule has 0 bridgehead atoms. The van der Waals surface area contributed by atoms with Crippen LogP contribution in [0.1, 0.15) is 5.56 Å². The predicted octanol–water partition coefficient (Wildman–Crippen LogP) is 4.74. The number of hydrogen-bond acceptors (Lipinski definition) is 4. The molecule has 3 aromatic carbocycles. The zero-order valence-electron chi connectivity index (χ0n) is 16.3. The van der Waals surface area contributed by atoms with Crippen LogP contribution in [-0.2, 0) is 11.3 Å². The summed E-state index contributed by atoms with van der Waals surface area (Å²) in [6.07, 6.45) is 3.64. The molecule has 30 heavy (non-hydrogen) atoms. The molecule has 1 heterocycles. The average Bonchev–Trinajstić information content (AvgIpc) is 3.27. The molecule has 0 aliphatic heterocycles. The summed E-state index contributed by atoms with van der Waals surface area (Å²) in [5, 5.41) is 7.05. The third-order valence-corrected chi connectivity index (χ3v) is 4.29. The predicted molar refractivity (Wildman–Crippen MR) is 115 cm³/mol. The van der Waals surface area contributed by atoms with E-state index in [4.69, 9.17) is 9.47 Å². The summed E-state index contributed by atoms with van der Waals surface area (Å²) in [7, 11) is 0. The summed E-state index contributed by atoms with van der Waals surface area (Å²) in [5.41, 5.74) is 1.77. The highest BCUT2D eigenvalue weighted by Gasteiger charge is 2.06. The summed E-state index contributed by atoms with van der Waals surface area (Å²) in [6, 6.07) is 26.2. The number of amides is 1. The van der Waals surface area contributed by atoms with Crippen molar-refractivity contribution in [3.8, 4) is 17.2 Å². The van der Waals surface area contributed by atoms with E-state index in [1.807, 2.05) is 71.5 Å². The van der Waals surface area contributed by atoms with Crippen molar-refractivity contribution >= 4 is 11.6 Å². The molecule has 0 fully saturated rings. The Morgan fingerprint density at radius 3 is 2.40 bits per heavy atom. The van der Waals surface area contributed by atoms with E-state index < -0.39 is 0 Å². The molecule has 4 rings (SSSR count). The first-order chi connectivity index (χ1) is 14.7. The molecule has 6 heteroatoms. The van der Waals surface area contributed by atoms with Gasteiger partial charge in [0.1, 0.15) is 17.2 Å². The number of nitrogens with one attached hydrogen (secondary N) is 1. The van der Waals surface area contributed by atoms with E-state index in [9.17, 15) is 4.79 Å². The Hall–Kier alpha value is -4.06. The molecule has 1 aromatic heterocycles. The van der Waals surface area contributed by atoms with Crippen LogP contribution >= 0.6 is 0 Å². The lowest BCUT2D eigenvalue weighted by atomic mass is 10.2. The highest BCUT2D eigenvalue weighted by Crippen LogP contribution is 2.23. The fraction of sp³-hybridized carbons (Fsp3) is 0.0833. The van der Waals surface area contributed by atoms with E-state index in [2.05, 4.69) is 10.4 Å². The molecule has 0 aliphatic rings. The summed E-state index contributed by atoms with van der Waals surface area (Å²) >= 11 is 0. The van der Waals surface area contributed by atoms with Gasteiger partial charge in [0.25, 0.3) is 5.91 Å².